The van der Waals surface area contributed by atoms with Gasteiger partial charge in [-0.05, 0) is 37.3 Å². The van der Waals surface area contributed by atoms with E-state index in [-0.39, 0.29) is 11.9 Å². The summed E-state index contributed by atoms with van der Waals surface area (Å²) >= 11 is 0. The highest BCUT2D eigenvalue weighted by molar-refractivity contribution is 5.99. The summed E-state index contributed by atoms with van der Waals surface area (Å²) in [5.41, 5.74) is 7.77. The van der Waals surface area contributed by atoms with Crippen LogP contribution in [0.5, 0.6) is 0 Å². The summed E-state index contributed by atoms with van der Waals surface area (Å²) in [6, 6.07) is 5.21. The minimum Gasteiger partial charge on any atom is -0.409 e. The number of oxime groups is 1. The lowest BCUT2D eigenvalue weighted by Gasteiger charge is -2.31. The first-order valence-corrected chi connectivity index (χ1v) is 7.15. The lowest BCUT2D eigenvalue weighted by Crippen LogP contribution is -2.41. The SMILES string of the molecule is Cc1ccc(C(N)=NO)cc1NC(=O)N1CCCC(C)C1. The summed E-state index contributed by atoms with van der Waals surface area (Å²) in [4.78, 5) is 14.2. The highest BCUT2D eigenvalue weighted by atomic mass is 16.4. The van der Waals surface area contributed by atoms with E-state index in [1.54, 1.807) is 12.1 Å². The molecule has 0 bridgehead atoms. The average molecular weight is 290 g/mol. The highest BCUT2D eigenvalue weighted by Crippen LogP contribution is 2.20. The first kappa shape index (κ1) is 15.2. The van der Waals surface area contributed by atoms with Gasteiger partial charge in [0.05, 0.1) is 0 Å². The molecule has 2 amide bonds. The van der Waals surface area contributed by atoms with Crippen molar-refractivity contribution in [2.45, 2.75) is 26.7 Å². The van der Waals surface area contributed by atoms with Crippen LogP contribution in [0, 0.1) is 12.8 Å². The standard InChI is InChI=1S/C15H22N4O2/c1-10-4-3-7-19(9-10)15(20)17-13-8-12(14(16)18-21)6-5-11(13)2/h5-6,8,10,21H,3-4,7,9H2,1-2H3,(H2,16,18)(H,17,20). The molecule has 2 rings (SSSR count). The summed E-state index contributed by atoms with van der Waals surface area (Å²) in [6.07, 6.45) is 2.21. The van der Waals surface area contributed by atoms with E-state index >= 15 is 0 Å². The predicted octanol–water partition coefficient (Wildman–Crippen LogP) is 2.35. The van der Waals surface area contributed by atoms with Crippen LogP contribution in [-0.4, -0.2) is 35.1 Å². The summed E-state index contributed by atoms with van der Waals surface area (Å²) in [7, 11) is 0. The van der Waals surface area contributed by atoms with Gasteiger partial charge in [0.2, 0.25) is 0 Å². The van der Waals surface area contributed by atoms with Crippen LogP contribution >= 0.6 is 0 Å². The number of piperidine rings is 1. The van der Waals surface area contributed by atoms with Crippen LogP contribution in [0.25, 0.3) is 0 Å². The third kappa shape index (κ3) is 3.65. The topological polar surface area (TPSA) is 91.0 Å². The third-order valence-corrected chi connectivity index (χ3v) is 3.83. The molecule has 1 aliphatic rings. The van der Waals surface area contributed by atoms with E-state index in [1.165, 1.54) is 6.42 Å². The molecule has 0 saturated carbocycles. The van der Waals surface area contributed by atoms with Crippen molar-refractivity contribution in [3.8, 4) is 0 Å². The molecule has 6 nitrogen and oxygen atoms in total. The number of rotatable bonds is 2. The van der Waals surface area contributed by atoms with E-state index in [9.17, 15) is 4.79 Å². The molecule has 0 radical (unpaired) electrons. The molecule has 1 unspecified atom stereocenters. The number of amidine groups is 1. The van der Waals surface area contributed by atoms with Gasteiger partial charge in [-0.3, -0.25) is 0 Å². The van der Waals surface area contributed by atoms with Crippen LogP contribution < -0.4 is 11.1 Å². The Morgan fingerprint density at radius 1 is 1.52 bits per heavy atom. The lowest BCUT2D eigenvalue weighted by molar-refractivity contribution is 0.182. The molecule has 0 spiro atoms. The predicted molar refractivity (Wildman–Crippen MR) is 82.7 cm³/mol. The number of benzene rings is 1. The Kier molecular flexibility index (Phi) is 4.67. The molecule has 0 aromatic heterocycles. The van der Waals surface area contributed by atoms with Crippen molar-refractivity contribution < 1.29 is 10.0 Å². The zero-order valence-electron chi connectivity index (χ0n) is 12.5. The van der Waals surface area contributed by atoms with Crippen molar-refractivity contribution >= 4 is 17.6 Å². The monoisotopic (exact) mass is 290 g/mol. The average Bonchev–Trinajstić information content (AvgIpc) is 2.48. The largest absolute Gasteiger partial charge is 0.409 e. The van der Waals surface area contributed by atoms with E-state index < -0.39 is 0 Å². The van der Waals surface area contributed by atoms with Crippen molar-refractivity contribution in [3.63, 3.8) is 0 Å². The van der Waals surface area contributed by atoms with Crippen molar-refractivity contribution in [1.82, 2.24) is 4.90 Å². The summed E-state index contributed by atoms with van der Waals surface area (Å²) in [5, 5.41) is 14.6. The van der Waals surface area contributed by atoms with Gasteiger partial charge in [0.25, 0.3) is 0 Å². The lowest BCUT2D eigenvalue weighted by atomic mass is 10.0. The maximum atomic E-state index is 12.3. The van der Waals surface area contributed by atoms with Crippen LogP contribution in [-0.2, 0) is 0 Å². The number of aryl methyl sites for hydroxylation is 1. The van der Waals surface area contributed by atoms with Gasteiger partial charge in [0, 0.05) is 24.3 Å². The quantitative estimate of drug-likeness (QED) is 0.338. The van der Waals surface area contributed by atoms with Crippen molar-refractivity contribution in [2.75, 3.05) is 18.4 Å². The highest BCUT2D eigenvalue weighted by Gasteiger charge is 2.21. The molecule has 1 heterocycles. The first-order chi connectivity index (χ1) is 10.0. The number of anilines is 1. The fraction of sp³-hybridized carbons (Fsp3) is 0.467. The summed E-state index contributed by atoms with van der Waals surface area (Å²) in [6.45, 7) is 5.63. The second-order valence-electron chi connectivity index (χ2n) is 5.64. The minimum absolute atomic E-state index is 0.0251. The van der Waals surface area contributed by atoms with Gasteiger partial charge in [-0.25, -0.2) is 4.79 Å². The van der Waals surface area contributed by atoms with E-state index in [2.05, 4.69) is 17.4 Å². The molecule has 1 atom stereocenters. The molecule has 1 aliphatic heterocycles. The normalized spacial score (nSPS) is 19.4. The third-order valence-electron chi connectivity index (χ3n) is 3.83. The van der Waals surface area contributed by atoms with E-state index in [0.29, 0.717) is 17.2 Å². The molecule has 6 heteroatoms. The Hall–Kier alpha value is -2.24. The van der Waals surface area contributed by atoms with Crippen LogP contribution in [0.3, 0.4) is 0 Å². The molecular formula is C15H22N4O2. The van der Waals surface area contributed by atoms with Crippen molar-refractivity contribution in [1.29, 1.82) is 0 Å². The molecule has 1 aromatic rings. The molecule has 21 heavy (non-hydrogen) atoms. The number of hydrogen-bond acceptors (Lipinski definition) is 3. The number of nitrogens with one attached hydrogen (secondary N) is 1. The molecule has 114 valence electrons. The van der Waals surface area contributed by atoms with Crippen LogP contribution in [0.2, 0.25) is 0 Å². The Labute approximate surface area is 124 Å². The van der Waals surface area contributed by atoms with Crippen molar-refractivity contribution in [2.24, 2.45) is 16.8 Å². The van der Waals surface area contributed by atoms with E-state index in [1.807, 2.05) is 17.9 Å². The Morgan fingerprint density at radius 3 is 2.95 bits per heavy atom. The molecule has 1 fully saturated rings. The van der Waals surface area contributed by atoms with Gasteiger partial charge in [0.1, 0.15) is 0 Å². The fourth-order valence-corrected chi connectivity index (χ4v) is 2.54. The molecule has 0 aliphatic carbocycles. The summed E-state index contributed by atoms with van der Waals surface area (Å²) < 4.78 is 0. The molecule has 1 saturated heterocycles. The van der Waals surface area contributed by atoms with Gasteiger partial charge in [-0.1, -0.05) is 24.2 Å². The molecule has 4 N–H and O–H groups in total. The van der Waals surface area contributed by atoms with Gasteiger partial charge in [0.15, 0.2) is 5.84 Å². The number of nitrogens with zero attached hydrogens (tertiary/aromatic N) is 2. The van der Waals surface area contributed by atoms with Crippen LogP contribution in [0.1, 0.15) is 30.9 Å². The zero-order chi connectivity index (χ0) is 15.4. The van der Waals surface area contributed by atoms with Crippen LogP contribution in [0.15, 0.2) is 23.4 Å². The maximum Gasteiger partial charge on any atom is 0.321 e. The maximum absolute atomic E-state index is 12.3. The number of likely N-dealkylation sites (tertiary alicyclic amines) is 1. The summed E-state index contributed by atoms with van der Waals surface area (Å²) in [5.74, 6) is 0.561. The van der Waals surface area contributed by atoms with Gasteiger partial charge >= 0.3 is 6.03 Å². The Bertz CT molecular complexity index is 557. The first-order valence-electron chi connectivity index (χ1n) is 7.15. The number of nitrogens with two attached hydrogens (primary N) is 1. The van der Waals surface area contributed by atoms with Gasteiger partial charge < -0.3 is 21.2 Å². The van der Waals surface area contributed by atoms with Gasteiger partial charge in [-0.15, -0.1) is 0 Å². The molecule has 1 aromatic carbocycles. The van der Waals surface area contributed by atoms with Crippen LogP contribution in [0.4, 0.5) is 10.5 Å². The zero-order valence-corrected chi connectivity index (χ0v) is 12.5. The van der Waals surface area contributed by atoms with E-state index in [4.69, 9.17) is 10.9 Å². The number of urea groups is 1. The number of amides is 2. The number of hydrogen-bond donors (Lipinski definition) is 3. The Morgan fingerprint density at radius 2 is 2.29 bits per heavy atom. The van der Waals surface area contributed by atoms with Crippen molar-refractivity contribution in [3.05, 3.63) is 29.3 Å². The van der Waals surface area contributed by atoms with Gasteiger partial charge in [-0.2, -0.15) is 0 Å². The smallest absolute Gasteiger partial charge is 0.321 e. The van der Waals surface area contributed by atoms with E-state index in [0.717, 1.165) is 25.1 Å². The minimum atomic E-state index is -0.0960. The fourth-order valence-electron chi connectivity index (χ4n) is 2.54. The Balaban J connectivity index is 2.13. The molecular weight excluding hydrogens is 268 g/mol. The second-order valence-corrected chi connectivity index (χ2v) is 5.64. The number of carbonyl (C=O) groups excluding carboxylic acids is 1. The number of carbonyl (C=O) groups is 1. The second kappa shape index (κ2) is 6.47.